The van der Waals surface area contributed by atoms with Crippen molar-refractivity contribution in [1.82, 2.24) is 19.9 Å². The Hall–Kier alpha value is -3.35. The van der Waals surface area contributed by atoms with Crippen molar-refractivity contribution in [3.8, 4) is 11.4 Å². The molecule has 0 atom stereocenters. The van der Waals surface area contributed by atoms with E-state index in [4.69, 9.17) is 4.98 Å². The zero-order valence-electron chi connectivity index (χ0n) is 16.5. The van der Waals surface area contributed by atoms with Gasteiger partial charge in [-0.1, -0.05) is 12.1 Å². The molecule has 0 saturated carbocycles. The van der Waals surface area contributed by atoms with Gasteiger partial charge in [0.05, 0.1) is 5.56 Å². The Morgan fingerprint density at radius 3 is 2.45 bits per heavy atom. The summed E-state index contributed by atoms with van der Waals surface area (Å²) in [6.45, 7) is 6.26. The van der Waals surface area contributed by atoms with Crippen molar-refractivity contribution in [1.29, 1.82) is 0 Å². The highest BCUT2D eigenvalue weighted by Crippen LogP contribution is 2.25. The number of rotatable bonds is 3. The van der Waals surface area contributed by atoms with Gasteiger partial charge < -0.3 is 9.80 Å². The van der Waals surface area contributed by atoms with E-state index < -0.39 is 5.82 Å². The number of amides is 1. The molecule has 0 aliphatic carbocycles. The second kappa shape index (κ2) is 7.95. The first-order valence-corrected chi connectivity index (χ1v) is 9.59. The van der Waals surface area contributed by atoms with Crippen molar-refractivity contribution in [2.45, 2.75) is 13.8 Å². The summed E-state index contributed by atoms with van der Waals surface area (Å²) in [6.07, 6.45) is 3.47. The van der Waals surface area contributed by atoms with Crippen LogP contribution in [0.25, 0.3) is 11.4 Å². The molecule has 1 amide bonds. The summed E-state index contributed by atoms with van der Waals surface area (Å²) in [6, 6.07) is 9.91. The van der Waals surface area contributed by atoms with Crippen LogP contribution in [0.2, 0.25) is 0 Å². The van der Waals surface area contributed by atoms with E-state index in [1.54, 1.807) is 29.4 Å². The first kappa shape index (κ1) is 19.0. The van der Waals surface area contributed by atoms with Crippen LogP contribution in [0.15, 0.2) is 48.8 Å². The Morgan fingerprint density at radius 2 is 1.76 bits per heavy atom. The Morgan fingerprint density at radius 1 is 1.00 bits per heavy atom. The topological polar surface area (TPSA) is 62.2 Å². The maximum atomic E-state index is 14.0. The molecule has 2 aromatic heterocycles. The monoisotopic (exact) mass is 391 g/mol. The summed E-state index contributed by atoms with van der Waals surface area (Å²) in [5, 5.41) is 0. The predicted octanol–water partition coefficient (Wildman–Crippen LogP) is 3.26. The minimum atomic E-state index is -0.483. The maximum absolute atomic E-state index is 14.0. The molecule has 0 radical (unpaired) electrons. The van der Waals surface area contributed by atoms with Gasteiger partial charge in [0, 0.05) is 55.4 Å². The SMILES string of the molecule is Cc1nc(-c2cccnc2)nc(N2CCN(C(=O)c3ccccc3F)CC2)c1C. The molecule has 29 heavy (non-hydrogen) atoms. The molecule has 0 N–H and O–H groups in total. The standard InChI is InChI=1S/C22H22FN5O/c1-15-16(2)25-20(17-6-5-9-24-14-17)26-21(15)27-10-12-28(13-11-27)22(29)18-7-3-4-8-19(18)23/h3-9,14H,10-13H2,1-2H3. The fourth-order valence-corrected chi connectivity index (χ4v) is 3.47. The molecular weight excluding hydrogens is 369 g/mol. The van der Waals surface area contributed by atoms with Crippen LogP contribution in [0.3, 0.4) is 0 Å². The van der Waals surface area contributed by atoms with Gasteiger partial charge in [-0.2, -0.15) is 0 Å². The molecule has 6 nitrogen and oxygen atoms in total. The van der Waals surface area contributed by atoms with Gasteiger partial charge in [-0.05, 0) is 38.1 Å². The van der Waals surface area contributed by atoms with Crippen LogP contribution in [0.5, 0.6) is 0 Å². The van der Waals surface area contributed by atoms with Crippen LogP contribution in [0, 0.1) is 19.7 Å². The van der Waals surface area contributed by atoms with Crippen LogP contribution in [-0.4, -0.2) is 51.9 Å². The number of pyridine rings is 1. The normalized spacial score (nSPS) is 14.2. The molecule has 4 rings (SSSR count). The predicted molar refractivity (Wildman–Crippen MR) is 109 cm³/mol. The highest BCUT2D eigenvalue weighted by Gasteiger charge is 2.26. The molecule has 0 unspecified atom stereocenters. The lowest BCUT2D eigenvalue weighted by atomic mass is 10.1. The number of hydrogen-bond acceptors (Lipinski definition) is 5. The smallest absolute Gasteiger partial charge is 0.256 e. The number of hydrogen-bond donors (Lipinski definition) is 0. The molecule has 0 bridgehead atoms. The van der Waals surface area contributed by atoms with E-state index in [-0.39, 0.29) is 11.5 Å². The number of aryl methyl sites for hydroxylation is 1. The van der Waals surface area contributed by atoms with Gasteiger partial charge in [0.1, 0.15) is 11.6 Å². The van der Waals surface area contributed by atoms with Crippen molar-refractivity contribution >= 4 is 11.7 Å². The van der Waals surface area contributed by atoms with Crippen LogP contribution >= 0.6 is 0 Å². The maximum Gasteiger partial charge on any atom is 0.256 e. The molecule has 148 valence electrons. The average molecular weight is 391 g/mol. The van der Waals surface area contributed by atoms with E-state index >= 15 is 0 Å². The molecule has 7 heteroatoms. The van der Waals surface area contributed by atoms with Gasteiger partial charge >= 0.3 is 0 Å². The number of benzene rings is 1. The second-order valence-electron chi connectivity index (χ2n) is 7.08. The van der Waals surface area contributed by atoms with Crippen molar-refractivity contribution in [3.63, 3.8) is 0 Å². The summed E-state index contributed by atoms with van der Waals surface area (Å²) in [7, 11) is 0. The summed E-state index contributed by atoms with van der Waals surface area (Å²) in [5.74, 6) is 0.758. The lowest BCUT2D eigenvalue weighted by Crippen LogP contribution is -2.49. The lowest BCUT2D eigenvalue weighted by Gasteiger charge is -2.36. The number of nitrogens with zero attached hydrogens (tertiary/aromatic N) is 5. The third kappa shape index (κ3) is 3.81. The second-order valence-corrected chi connectivity index (χ2v) is 7.08. The molecule has 1 aliphatic rings. The van der Waals surface area contributed by atoms with E-state index in [0.717, 1.165) is 22.6 Å². The van der Waals surface area contributed by atoms with E-state index in [0.29, 0.717) is 32.0 Å². The number of anilines is 1. The van der Waals surface area contributed by atoms with E-state index in [1.165, 1.54) is 12.1 Å². The van der Waals surface area contributed by atoms with Crippen LogP contribution in [0.4, 0.5) is 10.2 Å². The quantitative estimate of drug-likeness (QED) is 0.686. The third-order valence-corrected chi connectivity index (χ3v) is 5.25. The highest BCUT2D eigenvalue weighted by molar-refractivity contribution is 5.94. The zero-order valence-corrected chi connectivity index (χ0v) is 16.5. The summed E-state index contributed by atoms with van der Waals surface area (Å²) in [5.41, 5.74) is 2.92. The van der Waals surface area contributed by atoms with Crippen LogP contribution in [0.1, 0.15) is 21.6 Å². The Balaban J connectivity index is 1.53. The van der Waals surface area contributed by atoms with Crippen LogP contribution < -0.4 is 4.90 Å². The van der Waals surface area contributed by atoms with Crippen molar-refractivity contribution in [2.24, 2.45) is 0 Å². The fourth-order valence-electron chi connectivity index (χ4n) is 3.47. The van der Waals surface area contributed by atoms with E-state index in [2.05, 4.69) is 14.9 Å². The molecule has 3 heterocycles. The van der Waals surface area contributed by atoms with Crippen LogP contribution in [-0.2, 0) is 0 Å². The summed E-state index contributed by atoms with van der Waals surface area (Å²) in [4.78, 5) is 30.1. The Bertz CT molecular complexity index is 1030. The van der Waals surface area contributed by atoms with Gasteiger partial charge in [-0.25, -0.2) is 14.4 Å². The fraction of sp³-hybridized carbons (Fsp3) is 0.273. The molecule has 1 aliphatic heterocycles. The minimum absolute atomic E-state index is 0.119. The van der Waals surface area contributed by atoms with Crippen molar-refractivity contribution in [3.05, 3.63) is 71.4 Å². The van der Waals surface area contributed by atoms with Gasteiger partial charge in [-0.15, -0.1) is 0 Å². The summed E-state index contributed by atoms with van der Waals surface area (Å²) < 4.78 is 14.0. The average Bonchev–Trinajstić information content (AvgIpc) is 2.76. The first-order valence-electron chi connectivity index (χ1n) is 9.59. The Labute approximate surface area is 169 Å². The molecule has 3 aromatic rings. The molecule has 1 aromatic carbocycles. The summed E-state index contributed by atoms with van der Waals surface area (Å²) >= 11 is 0. The number of carbonyl (C=O) groups is 1. The number of halogens is 1. The largest absolute Gasteiger partial charge is 0.353 e. The lowest BCUT2D eigenvalue weighted by molar-refractivity contribution is 0.0742. The molecular formula is C22H22FN5O. The van der Waals surface area contributed by atoms with Gasteiger partial charge in [-0.3, -0.25) is 9.78 Å². The minimum Gasteiger partial charge on any atom is -0.353 e. The molecule has 1 fully saturated rings. The van der Waals surface area contributed by atoms with Crippen molar-refractivity contribution in [2.75, 3.05) is 31.1 Å². The number of aromatic nitrogens is 3. The van der Waals surface area contributed by atoms with Gasteiger partial charge in [0.2, 0.25) is 0 Å². The van der Waals surface area contributed by atoms with E-state index in [1.807, 2.05) is 26.0 Å². The molecule has 1 saturated heterocycles. The van der Waals surface area contributed by atoms with E-state index in [9.17, 15) is 9.18 Å². The van der Waals surface area contributed by atoms with Gasteiger partial charge in [0.25, 0.3) is 5.91 Å². The first-order chi connectivity index (χ1) is 14.0. The third-order valence-electron chi connectivity index (χ3n) is 5.25. The van der Waals surface area contributed by atoms with Crippen molar-refractivity contribution < 1.29 is 9.18 Å². The van der Waals surface area contributed by atoms with Gasteiger partial charge in [0.15, 0.2) is 5.82 Å². The molecule has 0 spiro atoms. The number of carbonyl (C=O) groups excluding carboxylic acids is 1. The highest BCUT2D eigenvalue weighted by atomic mass is 19.1. The Kier molecular flexibility index (Phi) is 5.20. The number of piperazine rings is 1. The zero-order chi connectivity index (χ0) is 20.4.